The van der Waals surface area contributed by atoms with Gasteiger partial charge in [0.25, 0.3) is 5.91 Å². The number of hydrogen-bond donors (Lipinski definition) is 2. The van der Waals surface area contributed by atoms with Crippen molar-refractivity contribution in [3.8, 4) is 34.4 Å². The monoisotopic (exact) mass is 827 g/mol. The standard InChI is InChI=1S/C46H35Cl2N3O8/c47-37-14-5-29(17-38(37)48)24-57-36-12-10-32(11-13-36)43-26-58-41-20-34-19-40(51(23-35(34)21-42(41)59-43)45(53)33-15-16-56-25-33)44(52)50-39(46(54)55)18-27-1-6-30(7-2-27)31-8-3-28(22-49)4-9-31/h1-17,20-21,25,39-40,43H,18-19,23-24,26H2,(H,50,52)(H,54,55). The Morgan fingerprint density at radius 2 is 1.58 bits per heavy atom. The summed E-state index contributed by atoms with van der Waals surface area (Å²) in [6, 6.07) is 32.4. The van der Waals surface area contributed by atoms with E-state index in [0.717, 1.165) is 33.4 Å². The summed E-state index contributed by atoms with van der Waals surface area (Å²) >= 11 is 12.2. The maximum absolute atomic E-state index is 14.1. The first-order valence-corrected chi connectivity index (χ1v) is 19.4. The molecule has 0 radical (unpaired) electrons. The van der Waals surface area contributed by atoms with Crippen molar-refractivity contribution in [3.05, 3.63) is 171 Å². The molecule has 3 heterocycles. The highest BCUT2D eigenvalue weighted by Crippen LogP contribution is 2.41. The molecular weight excluding hydrogens is 793 g/mol. The van der Waals surface area contributed by atoms with Gasteiger partial charge in [-0.15, -0.1) is 0 Å². The second-order valence-corrected chi connectivity index (χ2v) is 15.1. The van der Waals surface area contributed by atoms with Crippen LogP contribution in [0.15, 0.2) is 126 Å². The third-order valence-electron chi connectivity index (χ3n) is 10.4. The van der Waals surface area contributed by atoms with E-state index in [1.807, 2.05) is 78.9 Å². The van der Waals surface area contributed by atoms with Crippen LogP contribution in [0.5, 0.6) is 17.2 Å². The number of nitrogens with zero attached hydrogens (tertiary/aromatic N) is 2. The predicted octanol–water partition coefficient (Wildman–Crippen LogP) is 8.60. The molecule has 2 aliphatic heterocycles. The zero-order valence-electron chi connectivity index (χ0n) is 31.3. The number of aliphatic carboxylic acids is 1. The van der Waals surface area contributed by atoms with Crippen molar-refractivity contribution in [2.75, 3.05) is 6.61 Å². The van der Waals surface area contributed by atoms with Crippen molar-refractivity contribution in [1.29, 1.82) is 5.26 Å². The minimum atomic E-state index is -1.27. The van der Waals surface area contributed by atoms with Crippen molar-refractivity contribution in [1.82, 2.24) is 10.2 Å². The smallest absolute Gasteiger partial charge is 0.326 e. The summed E-state index contributed by atoms with van der Waals surface area (Å²) in [7, 11) is 0. The Balaban J connectivity index is 0.964. The van der Waals surface area contributed by atoms with Crippen molar-refractivity contribution in [2.45, 2.75) is 44.2 Å². The zero-order chi connectivity index (χ0) is 41.0. The van der Waals surface area contributed by atoms with E-state index in [1.54, 1.807) is 24.3 Å². The van der Waals surface area contributed by atoms with Crippen molar-refractivity contribution in [3.63, 3.8) is 0 Å². The zero-order valence-corrected chi connectivity index (χ0v) is 32.8. The van der Waals surface area contributed by atoms with E-state index >= 15 is 0 Å². The Bertz CT molecular complexity index is 2550. The summed E-state index contributed by atoms with van der Waals surface area (Å²) in [5.74, 6) is -0.593. The fourth-order valence-corrected chi connectivity index (χ4v) is 7.48. The number of carbonyl (C=O) groups excluding carboxylic acids is 2. The summed E-state index contributed by atoms with van der Waals surface area (Å²) < 4.78 is 23.7. The number of furan rings is 1. The normalized spacial score (nSPS) is 16.0. The number of fused-ring (bicyclic) bond motifs is 2. The maximum atomic E-state index is 14.1. The third-order valence-corrected chi connectivity index (χ3v) is 11.1. The molecule has 2 N–H and O–H groups in total. The highest BCUT2D eigenvalue weighted by Gasteiger charge is 2.38. The molecule has 59 heavy (non-hydrogen) atoms. The lowest BCUT2D eigenvalue weighted by atomic mass is 9.91. The number of carboxylic acids is 1. The molecule has 6 aromatic rings. The second kappa shape index (κ2) is 17.0. The molecule has 8 rings (SSSR count). The van der Waals surface area contributed by atoms with Crippen LogP contribution in [0.4, 0.5) is 0 Å². The van der Waals surface area contributed by atoms with Gasteiger partial charge in [0.05, 0.1) is 33.5 Å². The van der Waals surface area contributed by atoms with Gasteiger partial charge in [-0.2, -0.15) is 5.26 Å². The van der Waals surface area contributed by atoms with Gasteiger partial charge in [0, 0.05) is 19.4 Å². The van der Waals surface area contributed by atoms with Crippen LogP contribution in [0.25, 0.3) is 11.1 Å². The molecule has 0 spiro atoms. The molecule has 0 fully saturated rings. The molecule has 1 aromatic heterocycles. The predicted molar refractivity (Wildman–Crippen MR) is 218 cm³/mol. The molecule has 2 amide bonds. The largest absolute Gasteiger partial charge is 0.489 e. The van der Waals surface area contributed by atoms with Gasteiger partial charge >= 0.3 is 5.97 Å². The number of halogens is 2. The Labute approximate surface area is 349 Å². The molecule has 3 unspecified atom stereocenters. The van der Waals surface area contributed by atoms with Gasteiger partial charge in [0.15, 0.2) is 17.6 Å². The SMILES string of the molecule is N#Cc1ccc(-c2ccc(CC(NC(=O)C3Cc4cc5c(cc4CN3C(=O)c3ccoc3)OC(c3ccc(OCc4ccc(Cl)c(Cl)c4)cc3)CO5)C(=O)O)cc2)cc1. The second-order valence-electron chi connectivity index (χ2n) is 14.2. The number of hydrogen-bond acceptors (Lipinski definition) is 8. The fraction of sp³-hybridized carbons (Fsp3) is 0.174. The van der Waals surface area contributed by atoms with Crippen LogP contribution < -0.4 is 19.5 Å². The summed E-state index contributed by atoms with van der Waals surface area (Å²) in [6.45, 7) is 0.606. The van der Waals surface area contributed by atoms with E-state index in [9.17, 15) is 19.5 Å². The van der Waals surface area contributed by atoms with Crippen molar-refractivity contribution >= 4 is 41.0 Å². The number of amides is 2. The van der Waals surface area contributed by atoms with E-state index in [2.05, 4.69) is 11.4 Å². The summed E-state index contributed by atoms with van der Waals surface area (Å²) in [6.07, 6.45) is 2.40. The highest BCUT2D eigenvalue weighted by atomic mass is 35.5. The molecule has 5 aromatic carbocycles. The van der Waals surface area contributed by atoms with E-state index in [4.69, 9.17) is 47.1 Å². The average molecular weight is 829 g/mol. The van der Waals surface area contributed by atoms with Gasteiger partial charge in [-0.05, 0) is 93.5 Å². The number of carboxylic acid groups (broad SMARTS) is 1. The molecule has 11 nitrogen and oxygen atoms in total. The Morgan fingerprint density at radius 3 is 2.25 bits per heavy atom. The molecule has 0 saturated heterocycles. The molecule has 2 aliphatic rings. The minimum Gasteiger partial charge on any atom is -0.489 e. The quantitative estimate of drug-likeness (QED) is 0.131. The first-order chi connectivity index (χ1) is 28.6. The van der Waals surface area contributed by atoms with Crippen molar-refractivity contribution < 1.29 is 38.1 Å². The van der Waals surface area contributed by atoms with Gasteiger partial charge in [0.1, 0.15) is 37.3 Å². The summed E-state index contributed by atoms with van der Waals surface area (Å²) in [5, 5.41) is 22.9. The number of nitriles is 1. The van der Waals surface area contributed by atoms with Crippen molar-refractivity contribution in [2.24, 2.45) is 0 Å². The highest BCUT2D eigenvalue weighted by molar-refractivity contribution is 6.42. The number of benzene rings is 5. The van der Waals surface area contributed by atoms with E-state index in [0.29, 0.717) is 45.0 Å². The number of nitrogens with one attached hydrogen (secondary N) is 1. The van der Waals surface area contributed by atoms with Crippen LogP contribution in [0.1, 0.15) is 49.8 Å². The summed E-state index contributed by atoms with van der Waals surface area (Å²) in [4.78, 5) is 41.8. The Morgan fingerprint density at radius 1 is 0.864 bits per heavy atom. The third kappa shape index (κ3) is 8.75. The molecule has 296 valence electrons. The van der Waals surface area contributed by atoms with Crippen LogP contribution in [0.3, 0.4) is 0 Å². The van der Waals surface area contributed by atoms with Gasteiger partial charge in [-0.1, -0.05) is 77.8 Å². The van der Waals surface area contributed by atoms with Gasteiger partial charge in [-0.3, -0.25) is 9.59 Å². The molecular formula is C46H35Cl2N3O8. The van der Waals surface area contributed by atoms with Crippen LogP contribution in [0, 0.1) is 11.3 Å². The maximum Gasteiger partial charge on any atom is 0.326 e. The minimum absolute atomic E-state index is 0.0159. The lowest BCUT2D eigenvalue weighted by Gasteiger charge is -2.37. The molecule has 3 atom stereocenters. The first kappa shape index (κ1) is 39.1. The van der Waals surface area contributed by atoms with Gasteiger partial charge in [0.2, 0.25) is 5.91 Å². The van der Waals surface area contributed by atoms with Crippen LogP contribution in [-0.4, -0.2) is 46.5 Å². The molecule has 0 saturated carbocycles. The van der Waals surface area contributed by atoms with E-state index < -0.39 is 36.0 Å². The number of ether oxygens (including phenoxy) is 3. The molecule has 13 heteroatoms. The number of carbonyl (C=O) groups is 3. The fourth-order valence-electron chi connectivity index (χ4n) is 7.16. The molecule has 0 aliphatic carbocycles. The summed E-state index contributed by atoms with van der Waals surface area (Å²) in [5.41, 5.74) is 6.60. The van der Waals surface area contributed by atoms with Crippen LogP contribution in [0.2, 0.25) is 10.0 Å². The molecule has 0 bridgehead atoms. The van der Waals surface area contributed by atoms with Gasteiger partial charge in [-0.25, -0.2) is 4.79 Å². The first-order valence-electron chi connectivity index (χ1n) is 18.7. The van der Waals surface area contributed by atoms with Crippen LogP contribution in [-0.2, 0) is 35.6 Å². The van der Waals surface area contributed by atoms with Gasteiger partial charge < -0.3 is 34.0 Å². The lowest BCUT2D eigenvalue weighted by molar-refractivity contribution is -0.142. The van der Waals surface area contributed by atoms with E-state index in [1.165, 1.54) is 23.5 Å². The number of rotatable bonds is 11. The Hall–Kier alpha value is -6.74. The van der Waals surface area contributed by atoms with E-state index in [-0.39, 0.29) is 31.6 Å². The van der Waals surface area contributed by atoms with Crippen LogP contribution >= 0.6 is 23.2 Å². The lowest BCUT2D eigenvalue weighted by Crippen LogP contribution is -2.55. The average Bonchev–Trinajstić information content (AvgIpc) is 3.81. The Kier molecular flexibility index (Phi) is 11.3. The topological polar surface area (TPSA) is 151 Å².